The number of nitrogens with two attached hydrogens (primary N) is 1. The van der Waals surface area contributed by atoms with Crippen LogP contribution >= 0.6 is 0 Å². The summed E-state index contributed by atoms with van der Waals surface area (Å²) >= 11 is 0. The van der Waals surface area contributed by atoms with Crippen molar-refractivity contribution < 1.29 is 0 Å². The molecule has 1 aromatic rings. The summed E-state index contributed by atoms with van der Waals surface area (Å²) < 4.78 is 0. The normalized spacial score (nSPS) is 10.6. The molecular weight excluding hydrogens is 200 g/mol. The van der Waals surface area contributed by atoms with Crippen molar-refractivity contribution in [2.24, 2.45) is 5.73 Å². The van der Waals surface area contributed by atoms with Crippen molar-refractivity contribution in [1.82, 2.24) is 9.88 Å². The van der Waals surface area contributed by atoms with Gasteiger partial charge in [-0.25, -0.2) is 0 Å². The smallest absolute Gasteiger partial charge is 0.0918 e. The first kappa shape index (κ1) is 12.6. The van der Waals surface area contributed by atoms with Gasteiger partial charge in [-0.3, -0.25) is 10.4 Å². The number of hydrogen-bond donors (Lipinski definition) is 2. The Kier molecular flexibility index (Phi) is 5.50. The van der Waals surface area contributed by atoms with Gasteiger partial charge >= 0.3 is 0 Å². The molecule has 0 unspecified atom stereocenters. The van der Waals surface area contributed by atoms with Crippen molar-refractivity contribution >= 4 is 5.84 Å². The van der Waals surface area contributed by atoms with Gasteiger partial charge < -0.3 is 10.6 Å². The van der Waals surface area contributed by atoms with Crippen LogP contribution in [-0.4, -0.2) is 35.4 Å². The van der Waals surface area contributed by atoms with Gasteiger partial charge in [0.15, 0.2) is 0 Å². The molecule has 1 rings (SSSR count). The van der Waals surface area contributed by atoms with Gasteiger partial charge in [-0.2, -0.15) is 0 Å². The molecule has 88 valence electrons. The first-order chi connectivity index (χ1) is 7.72. The summed E-state index contributed by atoms with van der Waals surface area (Å²) in [5, 5.41) is 7.20. The topological polar surface area (TPSA) is 66.0 Å². The third-order valence-electron chi connectivity index (χ3n) is 2.55. The number of aromatic nitrogens is 1. The van der Waals surface area contributed by atoms with Gasteiger partial charge in [0, 0.05) is 37.8 Å². The summed E-state index contributed by atoms with van der Waals surface area (Å²) in [6.07, 6.45) is 3.42. The molecule has 0 spiro atoms. The zero-order chi connectivity index (χ0) is 11.8. The van der Waals surface area contributed by atoms with Crippen LogP contribution in [0.2, 0.25) is 0 Å². The Morgan fingerprint density at radius 3 is 2.81 bits per heavy atom. The van der Waals surface area contributed by atoms with E-state index in [0.29, 0.717) is 6.42 Å². The summed E-state index contributed by atoms with van der Waals surface area (Å²) in [4.78, 5) is 6.57. The maximum atomic E-state index is 7.20. The Hall–Kier alpha value is -1.42. The van der Waals surface area contributed by atoms with Crippen LogP contribution < -0.4 is 5.73 Å². The number of nitrogens with one attached hydrogen (secondary N) is 1. The number of amidine groups is 1. The zero-order valence-electron chi connectivity index (χ0n) is 9.82. The van der Waals surface area contributed by atoms with E-state index in [-0.39, 0.29) is 5.84 Å². The first-order valence-corrected chi connectivity index (χ1v) is 5.67. The van der Waals surface area contributed by atoms with Gasteiger partial charge in [0.2, 0.25) is 0 Å². The molecule has 0 aromatic carbocycles. The lowest BCUT2D eigenvalue weighted by Crippen LogP contribution is -2.29. The van der Waals surface area contributed by atoms with E-state index >= 15 is 0 Å². The second-order valence-electron chi connectivity index (χ2n) is 3.78. The second kappa shape index (κ2) is 6.95. The van der Waals surface area contributed by atoms with Crippen molar-refractivity contribution in [2.75, 3.05) is 19.6 Å². The minimum atomic E-state index is 0.260. The molecule has 0 saturated carbocycles. The van der Waals surface area contributed by atoms with Crippen molar-refractivity contribution in [3.05, 3.63) is 30.1 Å². The van der Waals surface area contributed by atoms with Crippen molar-refractivity contribution in [3.63, 3.8) is 0 Å². The maximum Gasteiger partial charge on any atom is 0.0918 e. The Morgan fingerprint density at radius 2 is 2.25 bits per heavy atom. The molecule has 0 radical (unpaired) electrons. The zero-order valence-corrected chi connectivity index (χ0v) is 9.82. The van der Waals surface area contributed by atoms with E-state index in [1.54, 1.807) is 0 Å². The number of nitrogens with zero attached hydrogens (tertiary/aromatic N) is 2. The molecule has 0 aliphatic carbocycles. The standard InChI is InChI=1S/C12H20N4/c1-2-16(10-7-12(13)14)9-6-11-5-3-4-8-15-11/h3-5,8H,2,6-7,9-10H2,1H3,(H3,13,14). The number of rotatable bonds is 7. The van der Waals surface area contributed by atoms with E-state index in [2.05, 4.69) is 16.8 Å². The third kappa shape index (κ3) is 4.89. The van der Waals surface area contributed by atoms with Gasteiger partial charge in [0.1, 0.15) is 0 Å². The first-order valence-electron chi connectivity index (χ1n) is 5.67. The molecule has 3 N–H and O–H groups in total. The molecule has 0 fully saturated rings. The SMILES string of the molecule is CCN(CCC(=N)N)CCc1ccccn1. The van der Waals surface area contributed by atoms with Gasteiger partial charge in [-0.15, -0.1) is 0 Å². The highest BCUT2D eigenvalue weighted by Crippen LogP contribution is 1.98. The van der Waals surface area contributed by atoms with Crippen LogP contribution in [0.1, 0.15) is 19.0 Å². The lowest BCUT2D eigenvalue weighted by Gasteiger charge is -2.19. The number of hydrogen-bond acceptors (Lipinski definition) is 3. The molecule has 0 aliphatic heterocycles. The van der Waals surface area contributed by atoms with Crippen molar-refractivity contribution in [3.8, 4) is 0 Å². The molecule has 0 bridgehead atoms. The second-order valence-corrected chi connectivity index (χ2v) is 3.78. The van der Waals surface area contributed by atoms with Gasteiger partial charge in [-0.05, 0) is 18.7 Å². The van der Waals surface area contributed by atoms with Crippen molar-refractivity contribution in [1.29, 1.82) is 5.41 Å². The van der Waals surface area contributed by atoms with Gasteiger partial charge in [0.25, 0.3) is 0 Å². The largest absolute Gasteiger partial charge is 0.388 e. The van der Waals surface area contributed by atoms with E-state index in [1.165, 1.54) is 0 Å². The molecule has 0 amide bonds. The van der Waals surface area contributed by atoms with E-state index < -0.39 is 0 Å². The van der Waals surface area contributed by atoms with Gasteiger partial charge in [0.05, 0.1) is 5.84 Å². The Balaban J connectivity index is 2.31. The van der Waals surface area contributed by atoms with Crippen LogP contribution in [0.15, 0.2) is 24.4 Å². The van der Waals surface area contributed by atoms with Crippen LogP contribution in [-0.2, 0) is 6.42 Å². The molecule has 0 atom stereocenters. The fourth-order valence-electron chi connectivity index (χ4n) is 1.53. The highest BCUT2D eigenvalue weighted by atomic mass is 15.1. The molecule has 1 heterocycles. The van der Waals surface area contributed by atoms with Crippen LogP contribution in [0.4, 0.5) is 0 Å². The summed E-state index contributed by atoms with van der Waals surface area (Å²) in [7, 11) is 0. The third-order valence-corrected chi connectivity index (χ3v) is 2.55. The quantitative estimate of drug-likeness (QED) is 0.537. The average Bonchev–Trinajstić information content (AvgIpc) is 2.30. The van der Waals surface area contributed by atoms with E-state index in [4.69, 9.17) is 11.1 Å². The van der Waals surface area contributed by atoms with Crippen molar-refractivity contribution in [2.45, 2.75) is 19.8 Å². The molecular formula is C12H20N4. The summed E-state index contributed by atoms with van der Waals surface area (Å²) in [6, 6.07) is 5.98. The highest BCUT2D eigenvalue weighted by Gasteiger charge is 2.03. The molecule has 4 nitrogen and oxygen atoms in total. The molecule has 1 aromatic heterocycles. The summed E-state index contributed by atoms with van der Waals surface area (Å²) in [5.74, 6) is 0.260. The molecule has 16 heavy (non-hydrogen) atoms. The maximum absolute atomic E-state index is 7.20. The van der Waals surface area contributed by atoms with Gasteiger partial charge in [-0.1, -0.05) is 13.0 Å². The molecule has 0 saturated heterocycles. The Bertz CT molecular complexity index is 310. The monoisotopic (exact) mass is 220 g/mol. The minimum absolute atomic E-state index is 0.260. The van der Waals surface area contributed by atoms with E-state index in [1.807, 2.05) is 24.4 Å². The summed E-state index contributed by atoms with van der Waals surface area (Å²) in [5.41, 5.74) is 6.46. The minimum Gasteiger partial charge on any atom is -0.388 e. The van der Waals surface area contributed by atoms with Crippen LogP contribution in [0.5, 0.6) is 0 Å². The molecule has 0 aliphatic rings. The fraction of sp³-hybridized carbons (Fsp3) is 0.500. The van der Waals surface area contributed by atoms with Crippen LogP contribution in [0.25, 0.3) is 0 Å². The lowest BCUT2D eigenvalue weighted by molar-refractivity contribution is 0.299. The summed E-state index contributed by atoms with van der Waals surface area (Å²) in [6.45, 7) is 4.94. The number of pyridine rings is 1. The fourth-order valence-corrected chi connectivity index (χ4v) is 1.53. The van der Waals surface area contributed by atoms with E-state index in [9.17, 15) is 0 Å². The average molecular weight is 220 g/mol. The van der Waals surface area contributed by atoms with Crippen LogP contribution in [0, 0.1) is 5.41 Å². The Labute approximate surface area is 97.0 Å². The predicted octanol–water partition coefficient (Wildman–Crippen LogP) is 1.27. The van der Waals surface area contributed by atoms with Crippen LogP contribution in [0.3, 0.4) is 0 Å². The predicted molar refractivity (Wildman–Crippen MR) is 66.6 cm³/mol. The molecule has 4 heteroatoms. The Morgan fingerprint density at radius 1 is 1.44 bits per heavy atom. The number of likely N-dealkylation sites (N-methyl/N-ethyl adjacent to an activating group) is 1. The highest BCUT2D eigenvalue weighted by molar-refractivity contribution is 5.76. The van der Waals surface area contributed by atoms with E-state index in [0.717, 1.165) is 31.7 Å². The lowest BCUT2D eigenvalue weighted by atomic mass is 10.2.